The van der Waals surface area contributed by atoms with Crippen LogP contribution in [0.5, 0.6) is 0 Å². The number of piperidine rings is 1. The summed E-state index contributed by atoms with van der Waals surface area (Å²) in [4.78, 5) is 24.1. The first kappa shape index (κ1) is 20.3. The summed E-state index contributed by atoms with van der Waals surface area (Å²) >= 11 is 0. The molecule has 15 heteroatoms. The maximum atomic E-state index is 12.2. The summed E-state index contributed by atoms with van der Waals surface area (Å²) in [5.74, 6) is -1.18. The number of nitrogens with one attached hydrogen (secondary N) is 1. The van der Waals surface area contributed by atoms with Crippen LogP contribution in [-0.2, 0) is 29.5 Å². The number of hydrogen-bond donors (Lipinski definition) is 3. The number of nitrogens with two attached hydrogens (primary N) is 1. The van der Waals surface area contributed by atoms with Gasteiger partial charge in [-0.1, -0.05) is 0 Å². The van der Waals surface area contributed by atoms with E-state index in [4.69, 9.17) is 10.3 Å². The minimum Gasteiger partial charge on any atom is -0.385 e. The summed E-state index contributed by atoms with van der Waals surface area (Å²) in [6.07, 6.45) is 0.503. The van der Waals surface area contributed by atoms with Gasteiger partial charge < -0.3 is 16.0 Å². The second-order valence-electron chi connectivity index (χ2n) is 5.80. The highest BCUT2D eigenvalue weighted by Crippen LogP contribution is 2.30. The van der Waals surface area contributed by atoms with Crippen molar-refractivity contribution in [1.82, 2.24) is 15.3 Å². The first-order chi connectivity index (χ1) is 11.9. The molecule has 2 fully saturated rings. The Morgan fingerprint density at radius 2 is 2.04 bits per heavy atom. The molecule has 2 unspecified atom stereocenters. The normalized spacial score (nSPS) is 24.1. The molecule has 148 valence electrons. The molecular weight excluding hydrogens is 394 g/mol. The Labute approximate surface area is 150 Å². The number of rotatable bonds is 7. The van der Waals surface area contributed by atoms with Gasteiger partial charge >= 0.3 is 16.4 Å². The first-order valence-corrected chi connectivity index (χ1v) is 10.5. The molecule has 0 aromatic heterocycles. The van der Waals surface area contributed by atoms with E-state index in [0.717, 1.165) is 4.90 Å². The highest BCUT2D eigenvalue weighted by atomic mass is 32.3. The number of amides is 3. The minimum absolute atomic E-state index is 0.0428. The van der Waals surface area contributed by atoms with Crippen molar-refractivity contribution in [1.29, 1.82) is 0 Å². The van der Waals surface area contributed by atoms with Crippen LogP contribution in [0, 0.1) is 0 Å². The third-order valence-corrected chi connectivity index (χ3v) is 5.38. The summed E-state index contributed by atoms with van der Waals surface area (Å²) in [5.41, 5.74) is 5.75. The Kier molecular flexibility index (Phi) is 5.74. The summed E-state index contributed by atoms with van der Waals surface area (Å²) in [5, 5.41) is 2.84. The highest BCUT2D eigenvalue weighted by Gasteiger charge is 2.48. The highest BCUT2D eigenvalue weighted by molar-refractivity contribution is 7.90. The molecule has 0 aliphatic carbocycles. The second kappa shape index (κ2) is 7.34. The van der Waals surface area contributed by atoms with Crippen molar-refractivity contribution in [3.8, 4) is 0 Å². The molecule has 2 heterocycles. The van der Waals surface area contributed by atoms with Crippen molar-refractivity contribution in [2.24, 2.45) is 10.1 Å². The van der Waals surface area contributed by atoms with E-state index in [9.17, 15) is 26.4 Å². The molecule has 0 aromatic rings. The number of amidine groups is 1. The molecule has 0 spiro atoms. The van der Waals surface area contributed by atoms with Crippen molar-refractivity contribution < 1.29 is 35.3 Å². The Morgan fingerprint density at radius 3 is 2.62 bits per heavy atom. The first-order valence-electron chi connectivity index (χ1n) is 7.49. The number of urea groups is 1. The lowest BCUT2D eigenvalue weighted by Crippen LogP contribution is -2.48. The summed E-state index contributed by atoms with van der Waals surface area (Å²) < 4.78 is 62.0. The lowest BCUT2D eigenvalue weighted by molar-refractivity contribution is -0.118. The molecule has 0 radical (unpaired) electrons. The monoisotopic (exact) mass is 413 g/mol. The maximum Gasteiger partial charge on any atom is 0.418 e. The van der Waals surface area contributed by atoms with Crippen LogP contribution in [0.25, 0.3) is 0 Å². The fraction of sp³-hybridized carbons (Fsp3) is 0.727. The van der Waals surface area contributed by atoms with Gasteiger partial charge in [-0.25, -0.2) is 13.2 Å². The largest absolute Gasteiger partial charge is 0.418 e. The quantitative estimate of drug-likeness (QED) is 0.236. The Balaban J connectivity index is 2.10. The predicted octanol–water partition coefficient (Wildman–Crippen LogP) is -2.19. The van der Waals surface area contributed by atoms with Gasteiger partial charge in [-0.2, -0.15) is 13.5 Å². The van der Waals surface area contributed by atoms with E-state index in [-0.39, 0.29) is 31.8 Å². The van der Waals surface area contributed by atoms with E-state index >= 15 is 0 Å². The SMILES string of the molecule is CC(=O)NCCS(=O)(=O)N=C(N)C1CCC2CN1C(=O)N2OS(=O)(=O)O. The zero-order valence-corrected chi connectivity index (χ0v) is 15.4. The van der Waals surface area contributed by atoms with Gasteiger partial charge in [0.25, 0.3) is 10.0 Å². The topological polar surface area (TPSA) is 189 Å². The van der Waals surface area contributed by atoms with Gasteiger partial charge in [-0.3, -0.25) is 9.35 Å². The van der Waals surface area contributed by atoms with Gasteiger partial charge in [0.05, 0.1) is 17.8 Å². The van der Waals surface area contributed by atoms with Gasteiger partial charge in [0, 0.05) is 20.0 Å². The molecule has 2 atom stereocenters. The molecule has 2 bridgehead atoms. The number of carbonyl (C=O) groups is 2. The third-order valence-electron chi connectivity index (χ3n) is 3.82. The van der Waals surface area contributed by atoms with E-state index in [2.05, 4.69) is 14.0 Å². The van der Waals surface area contributed by atoms with Gasteiger partial charge in [-0.15, -0.1) is 8.68 Å². The Hall–Kier alpha value is -1.97. The molecule has 2 rings (SSSR count). The van der Waals surface area contributed by atoms with Crippen LogP contribution in [0.2, 0.25) is 0 Å². The van der Waals surface area contributed by atoms with Crippen LogP contribution in [-0.4, -0.2) is 80.1 Å². The number of hydrogen-bond acceptors (Lipinski definition) is 7. The lowest BCUT2D eigenvalue weighted by Gasteiger charge is -2.29. The minimum atomic E-state index is -4.88. The molecule has 26 heavy (non-hydrogen) atoms. The molecule has 0 aromatic carbocycles. The average Bonchev–Trinajstić information content (AvgIpc) is 2.69. The molecule has 3 amide bonds. The van der Waals surface area contributed by atoms with Crippen molar-refractivity contribution in [3.63, 3.8) is 0 Å². The van der Waals surface area contributed by atoms with Crippen LogP contribution in [0.15, 0.2) is 4.40 Å². The van der Waals surface area contributed by atoms with Crippen LogP contribution >= 0.6 is 0 Å². The van der Waals surface area contributed by atoms with E-state index in [1.165, 1.54) is 6.92 Å². The fourth-order valence-corrected chi connectivity index (χ4v) is 4.04. The van der Waals surface area contributed by atoms with Crippen molar-refractivity contribution in [2.75, 3.05) is 18.8 Å². The number of hydroxylamine groups is 2. The smallest absolute Gasteiger partial charge is 0.385 e. The molecule has 2 saturated heterocycles. The van der Waals surface area contributed by atoms with Crippen LogP contribution in [0.3, 0.4) is 0 Å². The number of carbonyl (C=O) groups excluding carboxylic acids is 2. The van der Waals surface area contributed by atoms with Crippen LogP contribution < -0.4 is 11.1 Å². The number of nitrogens with zero attached hydrogens (tertiary/aromatic N) is 3. The standard InChI is InChI=1S/C11H19N5O8S2/c1-7(17)13-4-5-25(19,20)14-10(12)9-3-2-8-6-15(9)11(18)16(8)24-26(21,22)23/h8-9H,2-6H2,1H3,(H2,12,14)(H,13,17)(H,21,22,23). The van der Waals surface area contributed by atoms with Gasteiger partial charge in [0.1, 0.15) is 5.84 Å². The molecule has 0 saturated carbocycles. The molecular formula is C11H19N5O8S2. The van der Waals surface area contributed by atoms with Crippen molar-refractivity contribution in [3.05, 3.63) is 0 Å². The number of sulfonamides is 1. The Bertz CT molecular complexity index is 824. The Morgan fingerprint density at radius 1 is 1.38 bits per heavy atom. The average molecular weight is 413 g/mol. The molecule has 4 N–H and O–H groups in total. The summed E-state index contributed by atoms with van der Waals surface area (Å²) in [6.45, 7) is 1.14. The van der Waals surface area contributed by atoms with Crippen molar-refractivity contribution in [2.45, 2.75) is 31.8 Å². The maximum absolute atomic E-state index is 12.2. The van der Waals surface area contributed by atoms with E-state index in [1.807, 2.05) is 0 Å². The zero-order chi connectivity index (χ0) is 19.7. The fourth-order valence-electron chi connectivity index (χ4n) is 2.76. The van der Waals surface area contributed by atoms with Gasteiger partial charge in [0.15, 0.2) is 0 Å². The van der Waals surface area contributed by atoms with E-state index in [1.54, 1.807) is 0 Å². The van der Waals surface area contributed by atoms with Crippen LogP contribution in [0.1, 0.15) is 19.8 Å². The van der Waals surface area contributed by atoms with Crippen LogP contribution in [0.4, 0.5) is 4.79 Å². The summed E-state index contributed by atoms with van der Waals surface area (Å²) in [7, 11) is -8.85. The molecule has 2 aliphatic heterocycles. The molecule has 13 nitrogen and oxygen atoms in total. The van der Waals surface area contributed by atoms with E-state index < -0.39 is 50.2 Å². The zero-order valence-electron chi connectivity index (χ0n) is 13.7. The van der Waals surface area contributed by atoms with Gasteiger partial charge in [-0.05, 0) is 12.8 Å². The second-order valence-corrected chi connectivity index (χ2v) is 8.55. The lowest BCUT2D eigenvalue weighted by atomic mass is 10.0. The predicted molar refractivity (Wildman–Crippen MR) is 87.5 cm³/mol. The molecule has 2 aliphatic rings. The van der Waals surface area contributed by atoms with E-state index in [0.29, 0.717) is 5.06 Å². The third kappa shape index (κ3) is 5.03. The van der Waals surface area contributed by atoms with Crippen molar-refractivity contribution >= 4 is 38.2 Å². The summed E-state index contributed by atoms with van der Waals surface area (Å²) in [6, 6.07) is -2.35. The van der Waals surface area contributed by atoms with Gasteiger partial charge in [0.2, 0.25) is 5.91 Å². The number of fused-ring (bicyclic) bond motifs is 2.